The van der Waals surface area contributed by atoms with Crippen molar-refractivity contribution in [1.82, 2.24) is 5.32 Å². The number of rotatable bonds is 8. The number of hydrogen-bond donors (Lipinski definition) is 2. The summed E-state index contributed by atoms with van der Waals surface area (Å²) in [7, 11) is 0. The first kappa shape index (κ1) is 16.7. The van der Waals surface area contributed by atoms with Gasteiger partial charge in [-0.2, -0.15) is 0 Å². The van der Waals surface area contributed by atoms with Crippen molar-refractivity contribution < 1.29 is 9.53 Å². The SMILES string of the molecule is CCOCC(NCC(=O)Nc1cccc(C)c1)C(C)C. The lowest BCUT2D eigenvalue weighted by atomic mass is 10.1. The van der Waals surface area contributed by atoms with Gasteiger partial charge in [-0.25, -0.2) is 0 Å². The standard InChI is InChI=1S/C16H26N2O2/c1-5-20-11-15(12(2)3)17-10-16(19)18-14-8-6-7-13(4)9-14/h6-9,12,15,17H,5,10-11H2,1-4H3,(H,18,19). The van der Waals surface area contributed by atoms with Crippen molar-refractivity contribution in [3.05, 3.63) is 29.8 Å². The molecule has 0 radical (unpaired) electrons. The fourth-order valence-corrected chi connectivity index (χ4v) is 1.88. The number of amides is 1. The van der Waals surface area contributed by atoms with E-state index in [0.29, 0.717) is 25.7 Å². The van der Waals surface area contributed by atoms with Gasteiger partial charge >= 0.3 is 0 Å². The number of anilines is 1. The van der Waals surface area contributed by atoms with Gasteiger partial charge in [-0.1, -0.05) is 26.0 Å². The lowest BCUT2D eigenvalue weighted by molar-refractivity contribution is -0.115. The van der Waals surface area contributed by atoms with Crippen LogP contribution in [0, 0.1) is 12.8 Å². The summed E-state index contributed by atoms with van der Waals surface area (Å²) in [6.45, 7) is 9.84. The van der Waals surface area contributed by atoms with Gasteiger partial charge in [-0.15, -0.1) is 0 Å². The Hall–Kier alpha value is -1.39. The number of benzene rings is 1. The third kappa shape index (κ3) is 6.17. The predicted octanol–water partition coefficient (Wildman–Crippen LogP) is 2.58. The molecule has 0 aromatic heterocycles. The van der Waals surface area contributed by atoms with Gasteiger partial charge in [0.25, 0.3) is 0 Å². The smallest absolute Gasteiger partial charge is 0.238 e. The average Bonchev–Trinajstić information content (AvgIpc) is 2.38. The summed E-state index contributed by atoms with van der Waals surface area (Å²) >= 11 is 0. The number of ether oxygens (including phenoxy) is 1. The zero-order valence-corrected chi connectivity index (χ0v) is 12.9. The minimum Gasteiger partial charge on any atom is -0.380 e. The van der Waals surface area contributed by atoms with Crippen LogP contribution in [0.15, 0.2) is 24.3 Å². The lowest BCUT2D eigenvalue weighted by Crippen LogP contribution is -2.42. The van der Waals surface area contributed by atoms with E-state index >= 15 is 0 Å². The van der Waals surface area contributed by atoms with Crippen molar-refractivity contribution in [2.24, 2.45) is 5.92 Å². The molecule has 0 saturated carbocycles. The summed E-state index contributed by atoms with van der Waals surface area (Å²) in [5.74, 6) is 0.395. The molecule has 0 heterocycles. The minimum atomic E-state index is -0.0299. The van der Waals surface area contributed by atoms with Crippen LogP contribution >= 0.6 is 0 Å². The first-order valence-electron chi connectivity index (χ1n) is 7.20. The van der Waals surface area contributed by atoms with E-state index in [1.807, 2.05) is 38.1 Å². The molecular formula is C16H26N2O2. The van der Waals surface area contributed by atoms with E-state index in [2.05, 4.69) is 24.5 Å². The van der Waals surface area contributed by atoms with Crippen LogP contribution in [0.1, 0.15) is 26.3 Å². The summed E-state index contributed by atoms with van der Waals surface area (Å²) in [6.07, 6.45) is 0. The molecule has 1 aromatic carbocycles. The molecular weight excluding hydrogens is 252 g/mol. The maximum absolute atomic E-state index is 11.9. The van der Waals surface area contributed by atoms with Crippen molar-refractivity contribution in [1.29, 1.82) is 0 Å². The Morgan fingerprint density at radius 2 is 2.10 bits per heavy atom. The van der Waals surface area contributed by atoms with Gasteiger partial charge in [0.15, 0.2) is 0 Å². The molecule has 1 unspecified atom stereocenters. The third-order valence-electron chi connectivity index (χ3n) is 3.13. The van der Waals surface area contributed by atoms with Gasteiger partial charge < -0.3 is 15.4 Å². The van der Waals surface area contributed by atoms with Gasteiger partial charge in [0.05, 0.1) is 13.2 Å². The Bertz CT molecular complexity index is 419. The molecule has 0 saturated heterocycles. The second-order valence-electron chi connectivity index (χ2n) is 5.31. The molecule has 1 rings (SSSR count). The Labute approximate surface area is 121 Å². The first-order chi connectivity index (χ1) is 9.52. The van der Waals surface area contributed by atoms with E-state index in [4.69, 9.17) is 4.74 Å². The van der Waals surface area contributed by atoms with Crippen molar-refractivity contribution >= 4 is 11.6 Å². The monoisotopic (exact) mass is 278 g/mol. The maximum atomic E-state index is 11.9. The lowest BCUT2D eigenvalue weighted by Gasteiger charge is -2.21. The van der Waals surface area contributed by atoms with E-state index in [1.165, 1.54) is 0 Å². The number of hydrogen-bond acceptors (Lipinski definition) is 3. The van der Waals surface area contributed by atoms with E-state index < -0.39 is 0 Å². The summed E-state index contributed by atoms with van der Waals surface area (Å²) in [5, 5.41) is 6.14. The second-order valence-corrected chi connectivity index (χ2v) is 5.31. The van der Waals surface area contributed by atoms with Crippen molar-refractivity contribution in [2.45, 2.75) is 33.7 Å². The molecule has 2 N–H and O–H groups in total. The van der Waals surface area contributed by atoms with Crippen molar-refractivity contribution in [2.75, 3.05) is 25.1 Å². The number of carbonyl (C=O) groups is 1. The Morgan fingerprint density at radius 1 is 1.35 bits per heavy atom. The second kappa shape index (κ2) is 8.72. The summed E-state index contributed by atoms with van der Waals surface area (Å²) in [5.41, 5.74) is 1.97. The fraction of sp³-hybridized carbons (Fsp3) is 0.562. The van der Waals surface area contributed by atoms with Crippen molar-refractivity contribution in [3.63, 3.8) is 0 Å². The molecule has 1 amide bonds. The highest BCUT2D eigenvalue weighted by atomic mass is 16.5. The fourth-order valence-electron chi connectivity index (χ4n) is 1.88. The highest BCUT2D eigenvalue weighted by Gasteiger charge is 2.14. The summed E-state index contributed by atoms with van der Waals surface area (Å²) < 4.78 is 5.43. The molecule has 1 aromatic rings. The minimum absolute atomic E-state index is 0.0299. The van der Waals surface area contributed by atoms with E-state index in [1.54, 1.807) is 0 Å². The quantitative estimate of drug-likeness (QED) is 0.768. The Balaban J connectivity index is 2.41. The molecule has 0 aliphatic heterocycles. The van der Waals surface area contributed by atoms with Gasteiger partial charge in [-0.05, 0) is 37.5 Å². The van der Waals surface area contributed by atoms with Crippen LogP contribution in [0.5, 0.6) is 0 Å². The van der Waals surface area contributed by atoms with Crippen LogP contribution in [-0.4, -0.2) is 31.7 Å². The third-order valence-corrected chi connectivity index (χ3v) is 3.13. The van der Waals surface area contributed by atoms with Gasteiger partial charge in [-0.3, -0.25) is 4.79 Å². The first-order valence-corrected chi connectivity index (χ1v) is 7.20. The van der Waals surface area contributed by atoms with Crippen LogP contribution in [0.4, 0.5) is 5.69 Å². The van der Waals surface area contributed by atoms with Crippen LogP contribution < -0.4 is 10.6 Å². The molecule has 0 fully saturated rings. The Kier molecular flexibility index (Phi) is 7.26. The largest absolute Gasteiger partial charge is 0.380 e. The highest BCUT2D eigenvalue weighted by molar-refractivity contribution is 5.92. The summed E-state index contributed by atoms with van der Waals surface area (Å²) in [4.78, 5) is 11.9. The van der Waals surface area contributed by atoms with Crippen LogP contribution in [0.2, 0.25) is 0 Å². The zero-order chi connectivity index (χ0) is 15.0. The average molecular weight is 278 g/mol. The molecule has 20 heavy (non-hydrogen) atoms. The summed E-state index contributed by atoms with van der Waals surface area (Å²) in [6, 6.07) is 7.98. The van der Waals surface area contributed by atoms with E-state index in [0.717, 1.165) is 11.3 Å². The normalized spacial score (nSPS) is 12.4. The Morgan fingerprint density at radius 3 is 2.70 bits per heavy atom. The maximum Gasteiger partial charge on any atom is 0.238 e. The molecule has 0 bridgehead atoms. The molecule has 4 heteroatoms. The molecule has 112 valence electrons. The number of nitrogens with one attached hydrogen (secondary N) is 2. The molecule has 1 atom stereocenters. The van der Waals surface area contributed by atoms with Crippen molar-refractivity contribution in [3.8, 4) is 0 Å². The molecule has 4 nitrogen and oxygen atoms in total. The highest BCUT2D eigenvalue weighted by Crippen LogP contribution is 2.09. The molecule has 0 aliphatic rings. The van der Waals surface area contributed by atoms with Gasteiger partial charge in [0, 0.05) is 18.3 Å². The number of carbonyl (C=O) groups excluding carboxylic acids is 1. The zero-order valence-electron chi connectivity index (χ0n) is 12.9. The van der Waals surface area contributed by atoms with Crippen LogP contribution in [0.25, 0.3) is 0 Å². The number of aryl methyl sites for hydroxylation is 1. The van der Waals surface area contributed by atoms with Crippen LogP contribution in [0.3, 0.4) is 0 Å². The predicted molar refractivity (Wildman–Crippen MR) is 82.9 cm³/mol. The molecule has 0 aliphatic carbocycles. The van der Waals surface area contributed by atoms with E-state index in [-0.39, 0.29) is 11.9 Å². The van der Waals surface area contributed by atoms with Crippen LogP contribution in [-0.2, 0) is 9.53 Å². The van der Waals surface area contributed by atoms with E-state index in [9.17, 15) is 4.79 Å². The topological polar surface area (TPSA) is 50.4 Å². The molecule has 0 spiro atoms. The van der Waals surface area contributed by atoms with Gasteiger partial charge in [0.1, 0.15) is 0 Å². The van der Waals surface area contributed by atoms with Gasteiger partial charge in [0.2, 0.25) is 5.91 Å².